The Kier molecular flexibility index (Phi) is 2.84. The van der Waals surface area contributed by atoms with Crippen LogP contribution in [0, 0.1) is 0 Å². The van der Waals surface area contributed by atoms with Crippen LogP contribution in [-0.4, -0.2) is 16.3 Å². The van der Waals surface area contributed by atoms with Crippen molar-refractivity contribution in [3.8, 4) is 11.1 Å². The molecule has 82 valence electrons. The van der Waals surface area contributed by atoms with E-state index in [1.54, 1.807) is 6.26 Å². The topological polar surface area (TPSA) is 17.1 Å². The summed E-state index contributed by atoms with van der Waals surface area (Å²) in [6, 6.07) is 17.8. The van der Waals surface area contributed by atoms with Gasteiger partial charge in [0, 0.05) is 11.2 Å². The molecule has 1 unspecified atom stereocenters. The summed E-state index contributed by atoms with van der Waals surface area (Å²) in [4.78, 5) is 0.800. The number of benzene rings is 2. The van der Waals surface area contributed by atoms with E-state index < -0.39 is 9.52 Å². The van der Waals surface area contributed by atoms with Gasteiger partial charge in [-0.3, -0.25) is 4.21 Å². The zero-order valence-electron chi connectivity index (χ0n) is 9.22. The van der Waals surface area contributed by atoms with E-state index in [1.165, 1.54) is 0 Å². The highest BCUT2D eigenvalue weighted by Crippen LogP contribution is 2.21. The van der Waals surface area contributed by atoms with Gasteiger partial charge in [0.25, 0.3) is 0 Å². The summed E-state index contributed by atoms with van der Waals surface area (Å²) >= 11 is 0. The van der Waals surface area contributed by atoms with E-state index in [1.807, 2.05) is 54.6 Å². The van der Waals surface area contributed by atoms with Crippen molar-refractivity contribution in [2.75, 3.05) is 6.26 Å². The average molecular weight is 230 g/mol. The van der Waals surface area contributed by atoms with Gasteiger partial charge in [0.15, 0.2) is 0 Å². The van der Waals surface area contributed by atoms with E-state index >= 15 is 0 Å². The molecule has 0 bridgehead atoms. The molecule has 2 aromatic rings. The summed E-state index contributed by atoms with van der Waals surface area (Å²) < 4.78 is 11.9. The van der Waals surface area contributed by atoms with Crippen LogP contribution in [0.4, 0.5) is 0 Å². The Balaban J connectivity index is 2.53. The van der Waals surface area contributed by atoms with Crippen molar-refractivity contribution in [3.05, 3.63) is 54.6 Å². The van der Waals surface area contributed by atoms with Gasteiger partial charge in [-0.25, -0.2) is 0 Å². The molecule has 0 aromatic heterocycles. The van der Waals surface area contributed by atoms with E-state index in [-0.39, 0.29) is 0 Å². The Morgan fingerprint density at radius 3 is 2.19 bits per heavy atom. The summed E-state index contributed by atoms with van der Waals surface area (Å²) in [5.74, 6) is 3.70. The summed E-state index contributed by atoms with van der Waals surface area (Å²) in [5, 5.41) is 0. The Bertz CT molecular complexity index is 583. The molecule has 0 aliphatic heterocycles. The minimum Gasteiger partial charge on any atom is -0.263 e. The molecule has 2 rings (SSSR count). The van der Waals surface area contributed by atoms with Crippen LogP contribution in [0.2, 0.25) is 0 Å². The van der Waals surface area contributed by atoms with Crippen LogP contribution < -0.4 is 0 Å². The van der Waals surface area contributed by atoms with Gasteiger partial charge in [-0.15, -0.1) is 0 Å². The number of hydrogen-bond donors (Lipinski definition) is 0. The molecule has 0 radical (unpaired) electrons. The second-order valence-corrected chi connectivity index (χ2v) is 6.38. The highest BCUT2D eigenvalue weighted by molar-refractivity contribution is 7.99. The van der Waals surface area contributed by atoms with Gasteiger partial charge in [0.2, 0.25) is 0 Å². The fourth-order valence-electron chi connectivity index (χ4n) is 1.57. The molecule has 2 aromatic carbocycles. The van der Waals surface area contributed by atoms with Gasteiger partial charge < -0.3 is 0 Å². The molecule has 0 fully saturated rings. The van der Waals surface area contributed by atoms with Gasteiger partial charge in [-0.05, 0) is 38.7 Å². The molecule has 16 heavy (non-hydrogen) atoms. The van der Waals surface area contributed by atoms with E-state index in [4.69, 9.17) is 0 Å². The third-order valence-corrected chi connectivity index (χ3v) is 3.69. The van der Waals surface area contributed by atoms with Crippen molar-refractivity contribution in [1.29, 1.82) is 0 Å². The Morgan fingerprint density at radius 2 is 1.56 bits per heavy atom. The second kappa shape index (κ2) is 4.14. The Morgan fingerprint density at radius 1 is 0.938 bits per heavy atom. The molecular formula is C14H14OS. The maximum atomic E-state index is 11.9. The Hall–Kier alpha value is -1.54. The largest absolute Gasteiger partial charge is 0.263 e. The zero-order chi connectivity index (χ0) is 11.6. The Labute approximate surface area is 96.8 Å². The highest BCUT2D eigenvalue weighted by Gasteiger charge is 2.03. The minimum atomic E-state index is -2.13. The van der Waals surface area contributed by atoms with Gasteiger partial charge in [0.05, 0.1) is 0 Å². The molecule has 0 spiro atoms. The monoisotopic (exact) mass is 230 g/mol. The second-order valence-electron chi connectivity index (χ2n) is 3.90. The molecule has 0 N–H and O–H groups in total. The normalized spacial score (nSPS) is 14.3. The zero-order valence-corrected chi connectivity index (χ0v) is 10.0. The SMILES string of the molecule is C=S(C)(=O)c1cccc(-c2ccccc2)c1. The van der Waals surface area contributed by atoms with E-state index in [9.17, 15) is 4.21 Å². The van der Waals surface area contributed by atoms with Crippen molar-refractivity contribution < 1.29 is 4.21 Å². The summed E-state index contributed by atoms with van der Waals surface area (Å²) in [7, 11) is -2.13. The fraction of sp³-hybridized carbons (Fsp3) is 0.0714. The molecule has 0 aliphatic carbocycles. The van der Waals surface area contributed by atoms with Crippen molar-refractivity contribution in [3.63, 3.8) is 0 Å². The first kappa shape index (κ1) is 11.0. The van der Waals surface area contributed by atoms with Crippen LogP contribution in [0.3, 0.4) is 0 Å². The third kappa shape index (κ3) is 2.34. The first-order chi connectivity index (χ1) is 7.57. The first-order valence-corrected chi connectivity index (χ1v) is 7.19. The quantitative estimate of drug-likeness (QED) is 0.725. The first-order valence-electron chi connectivity index (χ1n) is 5.05. The van der Waals surface area contributed by atoms with Crippen LogP contribution in [0.25, 0.3) is 11.1 Å². The minimum absolute atomic E-state index is 0.800. The van der Waals surface area contributed by atoms with Crippen molar-refractivity contribution in [1.82, 2.24) is 0 Å². The molecule has 0 heterocycles. The molecular weight excluding hydrogens is 216 g/mol. The summed E-state index contributed by atoms with van der Waals surface area (Å²) in [6.45, 7) is 0. The third-order valence-electron chi connectivity index (χ3n) is 2.44. The van der Waals surface area contributed by atoms with Crippen molar-refractivity contribution >= 4 is 15.4 Å². The summed E-state index contributed by atoms with van der Waals surface area (Å²) in [5.41, 5.74) is 2.21. The van der Waals surface area contributed by atoms with E-state index in [0.717, 1.165) is 16.0 Å². The molecule has 1 nitrogen and oxygen atoms in total. The smallest absolute Gasteiger partial charge is 0.0308 e. The molecule has 0 aliphatic rings. The van der Waals surface area contributed by atoms with Crippen LogP contribution in [0.5, 0.6) is 0 Å². The molecule has 2 heteroatoms. The standard InChI is InChI=1S/C14H14OS/c1-16(2,15)14-10-6-9-13(11-14)12-7-4-3-5-8-12/h3-11H,1H2,2H3. The van der Waals surface area contributed by atoms with Crippen molar-refractivity contribution in [2.24, 2.45) is 0 Å². The van der Waals surface area contributed by atoms with Crippen LogP contribution in [0.15, 0.2) is 59.5 Å². The van der Waals surface area contributed by atoms with E-state index in [2.05, 4.69) is 5.87 Å². The molecule has 0 saturated heterocycles. The van der Waals surface area contributed by atoms with Crippen molar-refractivity contribution in [2.45, 2.75) is 4.90 Å². The predicted octanol–water partition coefficient (Wildman–Crippen LogP) is 3.06. The summed E-state index contributed by atoms with van der Waals surface area (Å²) in [6.07, 6.45) is 1.66. The predicted molar refractivity (Wildman–Crippen MR) is 71.3 cm³/mol. The number of rotatable bonds is 2. The fourth-order valence-corrected chi connectivity index (χ4v) is 2.32. The van der Waals surface area contributed by atoms with Crippen LogP contribution in [-0.2, 0) is 9.52 Å². The molecule has 0 saturated carbocycles. The average Bonchev–Trinajstić information content (AvgIpc) is 2.29. The molecule has 0 amide bonds. The van der Waals surface area contributed by atoms with Crippen LogP contribution >= 0.6 is 0 Å². The van der Waals surface area contributed by atoms with Gasteiger partial charge in [-0.1, -0.05) is 42.5 Å². The number of hydrogen-bond acceptors (Lipinski definition) is 1. The van der Waals surface area contributed by atoms with E-state index in [0.29, 0.717) is 0 Å². The lowest BCUT2D eigenvalue weighted by Gasteiger charge is -2.06. The van der Waals surface area contributed by atoms with Gasteiger partial charge >= 0.3 is 0 Å². The lowest BCUT2D eigenvalue weighted by atomic mass is 10.1. The maximum Gasteiger partial charge on any atom is 0.0308 e. The maximum absolute atomic E-state index is 11.9. The lowest BCUT2D eigenvalue weighted by Crippen LogP contribution is -1.96. The molecule has 1 atom stereocenters. The van der Waals surface area contributed by atoms with Gasteiger partial charge in [0.1, 0.15) is 0 Å². The van der Waals surface area contributed by atoms with Crippen LogP contribution in [0.1, 0.15) is 0 Å². The lowest BCUT2D eigenvalue weighted by molar-refractivity contribution is 0.685. The highest BCUT2D eigenvalue weighted by atomic mass is 32.2. The van der Waals surface area contributed by atoms with Gasteiger partial charge in [-0.2, -0.15) is 0 Å².